The minimum atomic E-state index is -1.41. The van der Waals surface area contributed by atoms with Crippen LogP contribution in [0.2, 0.25) is 0 Å². The predicted molar refractivity (Wildman–Crippen MR) is 36.8 cm³/mol. The van der Waals surface area contributed by atoms with Gasteiger partial charge in [0.1, 0.15) is 12.2 Å². The zero-order valence-corrected chi connectivity index (χ0v) is 6.27. The number of ketones is 1. The highest BCUT2D eigenvalue weighted by Gasteiger charge is 2.39. The molecule has 4 nitrogen and oxygen atoms in total. The quantitative estimate of drug-likeness (QED) is 0.410. The van der Waals surface area contributed by atoms with E-state index in [0.717, 1.165) is 0 Å². The van der Waals surface area contributed by atoms with E-state index in [1.54, 1.807) is 6.92 Å². The van der Waals surface area contributed by atoms with E-state index in [9.17, 15) is 4.79 Å². The minimum Gasteiger partial charge on any atom is -0.390 e. The molecule has 4 heteroatoms. The number of aliphatic hydroxyl groups excluding tert-OH is 3. The minimum absolute atomic E-state index is 0.233. The molecule has 64 valence electrons. The van der Waals surface area contributed by atoms with E-state index in [1.165, 1.54) is 0 Å². The molecule has 0 aromatic carbocycles. The molecule has 0 saturated heterocycles. The summed E-state index contributed by atoms with van der Waals surface area (Å²) in [5.41, 5.74) is 0. The first-order valence-corrected chi connectivity index (χ1v) is 3.62. The molecule has 1 saturated carbocycles. The first kappa shape index (κ1) is 8.64. The normalized spacial score (nSPS) is 46.0. The van der Waals surface area contributed by atoms with Gasteiger partial charge in [-0.25, -0.2) is 0 Å². The number of aliphatic hydroxyl groups is 3. The Morgan fingerprint density at radius 2 is 1.91 bits per heavy atom. The fraction of sp³-hybridized carbons (Fsp3) is 0.857. The van der Waals surface area contributed by atoms with E-state index >= 15 is 0 Å². The lowest BCUT2D eigenvalue weighted by Crippen LogP contribution is -2.50. The summed E-state index contributed by atoms with van der Waals surface area (Å²) < 4.78 is 0. The SMILES string of the molecule is CC1C[C@H](O)[C@H](O)[C@@H](O)C1=O. The fourth-order valence-electron chi connectivity index (χ4n) is 1.29. The molecule has 1 aliphatic rings. The largest absolute Gasteiger partial charge is 0.390 e. The van der Waals surface area contributed by atoms with Crippen molar-refractivity contribution in [2.24, 2.45) is 5.92 Å². The van der Waals surface area contributed by atoms with E-state index in [4.69, 9.17) is 15.3 Å². The molecule has 1 fully saturated rings. The highest BCUT2D eigenvalue weighted by molar-refractivity contribution is 5.86. The molecule has 4 atom stereocenters. The standard InChI is InChI=1S/C7H12O4/c1-3-2-4(8)6(10)7(11)5(3)9/h3-4,6-8,10-11H,2H2,1H3/t3?,4-,6-,7-/m0/s1. The molecule has 1 rings (SSSR count). The summed E-state index contributed by atoms with van der Waals surface area (Å²) in [4.78, 5) is 11.0. The second-order valence-electron chi connectivity index (χ2n) is 3.04. The number of Topliss-reactive ketones (excluding diaryl/α,β-unsaturated/α-hetero) is 1. The van der Waals surface area contributed by atoms with Crippen LogP contribution in [0.3, 0.4) is 0 Å². The molecule has 1 aliphatic carbocycles. The van der Waals surface area contributed by atoms with Crippen LogP contribution in [0.25, 0.3) is 0 Å². The van der Waals surface area contributed by atoms with Crippen LogP contribution in [0.15, 0.2) is 0 Å². The molecule has 0 bridgehead atoms. The molecule has 0 aromatic heterocycles. The summed E-state index contributed by atoms with van der Waals surface area (Å²) in [6, 6.07) is 0. The molecule has 1 unspecified atom stereocenters. The van der Waals surface area contributed by atoms with Crippen LogP contribution in [0.4, 0.5) is 0 Å². The maximum absolute atomic E-state index is 11.0. The maximum atomic E-state index is 11.0. The number of rotatable bonds is 0. The first-order chi connectivity index (χ1) is 5.04. The Morgan fingerprint density at radius 3 is 2.45 bits per heavy atom. The van der Waals surface area contributed by atoms with Crippen molar-refractivity contribution < 1.29 is 20.1 Å². The van der Waals surface area contributed by atoms with Gasteiger partial charge in [-0.3, -0.25) is 4.79 Å². The molecule has 11 heavy (non-hydrogen) atoms. The molecular weight excluding hydrogens is 148 g/mol. The highest BCUT2D eigenvalue weighted by Crippen LogP contribution is 2.21. The molecule has 0 aromatic rings. The van der Waals surface area contributed by atoms with Gasteiger partial charge in [0.15, 0.2) is 5.78 Å². The van der Waals surface area contributed by atoms with Gasteiger partial charge in [-0.2, -0.15) is 0 Å². The summed E-state index contributed by atoms with van der Waals surface area (Å²) in [6.45, 7) is 1.63. The van der Waals surface area contributed by atoms with E-state index in [2.05, 4.69) is 0 Å². The molecule has 3 N–H and O–H groups in total. The number of hydrogen-bond acceptors (Lipinski definition) is 4. The van der Waals surface area contributed by atoms with Crippen LogP contribution in [0.1, 0.15) is 13.3 Å². The monoisotopic (exact) mass is 160 g/mol. The lowest BCUT2D eigenvalue weighted by atomic mass is 9.83. The molecule has 0 aliphatic heterocycles. The van der Waals surface area contributed by atoms with Crippen LogP contribution in [-0.4, -0.2) is 39.4 Å². The van der Waals surface area contributed by atoms with Crippen LogP contribution >= 0.6 is 0 Å². The maximum Gasteiger partial charge on any atom is 0.166 e. The second kappa shape index (κ2) is 2.89. The van der Waals surface area contributed by atoms with Crippen molar-refractivity contribution in [2.45, 2.75) is 31.7 Å². The van der Waals surface area contributed by atoms with Gasteiger partial charge >= 0.3 is 0 Å². The summed E-state index contributed by atoms with van der Waals surface area (Å²) in [6.07, 6.45) is -3.46. The molecular formula is C7H12O4. The van der Waals surface area contributed by atoms with Crippen molar-refractivity contribution in [1.82, 2.24) is 0 Å². The molecule has 0 radical (unpaired) electrons. The topological polar surface area (TPSA) is 77.8 Å². The van der Waals surface area contributed by atoms with Gasteiger partial charge in [0.2, 0.25) is 0 Å². The Hall–Kier alpha value is -0.450. The van der Waals surface area contributed by atoms with Crippen molar-refractivity contribution in [1.29, 1.82) is 0 Å². The highest BCUT2D eigenvalue weighted by atomic mass is 16.4. The Balaban J connectivity index is 2.70. The van der Waals surface area contributed by atoms with Crippen LogP contribution in [0.5, 0.6) is 0 Å². The third-order valence-corrected chi connectivity index (χ3v) is 2.09. The average molecular weight is 160 g/mol. The van der Waals surface area contributed by atoms with Crippen LogP contribution in [-0.2, 0) is 4.79 Å². The Bertz CT molecular complexity index is 168. The Kier molecular flexibility index (Phi) is 2.27. The number of carbonyl (C=O) groups excluding carboxylic acids is 1. The second-order valence-corrected chi connectivity index (χ2v) is 3.04. The summed E-state index contributed by atoms with van der Waals surface area (Å²) in [5.74, 6) is -0.744. The summed E-state index contributed by atoms with van der Waals surface area (Å²) in [7, 11) is 0. The Morgan fingerprint density at radius 1 is 1.36 bits per heavy atom. The lowest BCUT2D eigenvalue weighted by Gasteiger charge is -2.30. The van der Waals surface area contributed by atoms with Gasteiger partial charge in [-0.05, 0) is 6.42 Å². The Labute approximate surface area is 64.5 Å². The zero-order chi connectivity index (χ0) is 8.59. The van der Waals surface area contributed by atoms with Gasteiger partial charge in [-0.15, -0.1) is 0 Å². The summed E-state index contributed by atoms with van der Waals surface area (Å²) in [5, 5.41) is 27.1. The van der Waals surface area contributed by atoms with Gasteiger partial charge in [0.25, 0.3) is 0 Å². The van der Waals surface area contributed by atoms with Crippen LogP contribution in [0, 0.1) is 5.92 Å². The van der Waals surface area contributed by atoms with Crippen LogP contribution < -0.4 is 0 Å². The van der Waals surface area contributed by atoms with Gasteiger partial charge < -0.3 is 15.3 Å². The van der Waals surface area contributed by atoms with Gasteiger partial charge in [0.05, 0.1) is 6.10 Å². The van der Waals surface area contributed by atoms with Crippen molar-refractivity contribution in [3.63, 3.8) is 0 Å². The molecule has 0 amide bonds. The third kappa shape index (κ3) is 1.42. The van der Waals surface area contributed by atoms with E-state index < -0.39 is 18.3 Å². The smallest absolute Gasteiger partial charge is 0.166 e. The fourth-order valence-corrected chi connectivity index (χ4v) is 1.29. The van der Waals surface area contributed by atoms with E-state index in [0.29, 0.717) is 0 Å². The van der Waals surface area contributed by atoms with Crippen molar-refractivity contribution >= 4 is 5.78 Å². The lowest BCUT2D eigenvalue weighted by molar-refractivity contribution is -0.152. The van der Waals surface area contributed by atoms with E-state index in [1.807, 2.05) is 0 Å². The van der Waals surface area contributed by atoms with Gasteiger partial charge in [0, 0.05) is 5.92 Å². The first-order valence-electron chi connectivity index (χ1n) is 3.62. The molecule has 0 spiro atoms. The zero-order valence-electron chi connectivity index (χ0n) is 6.27. The van der Waals surface area contributed by atoms with Gasteiger partial charge in [-0.1, -0.05) is 6.92 Å². The number of carbonyl (C=O) groups is 1. The van der Waals surface area contributed by atoms with Crippen molar-refractivity contribution in [3.05, 3.63) is 0 Å². The molecule has 0 heterocycles. The summed E-state index contributed by atoms with van der Waals surface area (Å²) >= 11 is 0. The van der Waals surface area contributed by atoms with Crippen molar-refractivity contribution in [2.75, 3.05) is 0 Å². The third-order valence-electron chi connectivity index (χ3n) is 2.09. The average Bonchev–Trinajstić information content (AvgIpc) is 1.97. The van der Waals surface area contributed by atoms with E-state index in [-0.39, 0.29) is 18.1 Å². The predicted octanol–water partition coefficient (Wildman–Crippen LogP) is -1.32. The number of hydrogen-bond donors (Lipinski definition) is 3. The van der Waals surface area contributed by atoms with Crippen molar-refractivity contribution in [3.8, 4) is 0 Å².